The summed E-state index contributed by atoms with van der Waals surface area (Å²) in [7, 11) is -3.63. The fourth-order valence-electron chi connectivity index (χ4n) is 4.35. The van der Waals surface area contributed by atoms with Gasteiger partial charge in [0.1, 0.15) is 17.4 Å². The molecule has 0 aliphatic heterocycles. The van der Waals surface area contributed by atoms with Gasteiger partial charge in [0.25, 0.3) is 0 Å². The third kappa shape index (κ3) is 4.31. The van der Waals surface area contributed by atoms with E-state index in [1.54, 1.807) is 18.3 Å². The lowest BCUT2D eigenvalue weighted by atomic mass is 10.1. The van der Waals surface area contributed by atoms with Crippen LogP contribution < -0.4 is 0 Å². The number of rotatable bonds is 7. The SMILES string of the molecule is Cc1nccn1Cc1c(O)c(Br)cc2c1cc(CS(=O)(=O)Cc1ccccc1F)n2C1CC1. The molecule has 2 aromatic heterocycles. The summed E-state index contributed by atoms with van der Waals surface area (Å²) in [5.41, 5.74) is 2.41. The number of fused-ring (bicyclic) bond motifs is 1. The molecule has 2 aromatic carbocycles. The molecule has 33 heavy (non-hydrogen) atoms. The van der Waals surface area contributed by atoms with Gasteiger partial charge in [-0.1, -0.05) is 18.2 Å². The van der Waals surface area contributed by atoms with Crippen molar-refractivity contribution in [3.05, 3.63) is 81.7 Å². The van der Waals surface area contributed by atoms with Crippen molar-refractivity contribution in [2.45, 2.75) is 43.9 Å². The Balaban J connectivity index is 1.59. The van der Waals surface area contributed by atoms with Crippen molar-refractivity contribution in [1.29, 1.82) is 0 Å². The highest BCUT2D eigenvalue weighted by Gasteiger charge is 2.31. The summed E-state index contributed by atoms with van der Waals surface area (Å²) in [5.74, 6) is -0.132. The Hall–Kier alpha value is -2.65. The number of benzene rings is 2. The number of phenolic OH excluding ortho intramolecular Hbond substituents is 1. The molecular formula is C24H23BrFN3O3S. The quantitative estimate of drug-likeness (QED) is 0.353. The number of aromatic hydroxyl groups is 1. The molecule has 9 heteroatoms. The first-order chi connectivity index (χ1) is 15.7. The summed E-state index contributed by atoms with van der Waals surface area (Å²) in [5, 5.41) is 11.7. The Morgan fingerprint density at radius 1 is 1.21 bits per heavy atom. The van der Waals surface area contributed by atoms with E-state index in [-0.39, 0.29) is 28.9 Å². The van der Waals surface area contributed by atoms with Crippen molar-refractivity contribution in [3.8, 4) is 5.75 Å². The van der Waals surface area contributed by atoms with E-state index in [2.05, 4.69) is 25.5 Å². The van der Waals surface area contributed by atoms with Crippen LogP contribution in [0, 0.1) is 12.7 Å². The number of imidazole rings is 1. The number of halogens is 2. The molecule has 1 saturated carbocycles. The number of aromatic nitrogens is 3. The number of sulfone groups is 1. The van der Waals surface area contributed by atoms with E-state index in [0.29, 0.717) is 22.3 Å². The third-order valence-corrected chi connectivity index (χ3v) is 8.21. The minimum Gasteiger partial charge on any atom is -0.506 e. The molecule has 172 valence electrons. The van der Waals surface area contributed by atoms with Crippen LogP contribution in [0.25, 0.3) is 10.9 Å². The average Bonchev–Trinajstić information content (AvgIpc) is 3.42. The standard InChI is InChI=1S/C24H23BrFN3O3S/c1-15-27-8-9-28(15)12-20-19-10-18(14-33(31,32)13-16-4-2-3-5-22(16)26)29(17-6-7-17)23(19)11-21(25)24(20)30/h2-5,8-11,17,30H,6-7,12-14H2,1H3. The maximum Gasteiger partial charge on any atom is 0.160 e. The van der Waals surface area contributed by atoms with Crippen LogP contribution in [0.1, 0.15) is 41.5 Å². The van der Waals surface area contributed by atoms with Gasteiger partial charge in [0.15, 0.2) is 9.84 Å². The maximum atomic E-state index is 14.1. The Kier molecular flexibility index (Phi) is 5.56. The minimum atomic E-state index is -3.63. The first-order valence-electron chi connectivity index (χ1n) is 10.7. The number of hydrogen-bond acceptors (Lipinski definition) is 4. The molecule has 0 spiro atoms. The third-order valence-electron chi connectivity index (χ3n) is 6.12. The monoisotopic (exact) mass is 531 g/mol. The second-order valence-corrected chi connectivity index (χ2v) is 11.5. The van der Waals surface area contributed by atoms with E-state index in [9.17, 15) is 17.9 Å². The predicted molar refractivity (Wildman–Crippen MR) is 128 cm³/mol. The Morgan fingerprint density at radius 3 is 2.64 bits per heavy atom. The Bertz CT molecular complexity index is 1470. The zero-order valence-electron chi connectivity index (χ0n) is 18.0. The number of nitrogens with zero attached hydrogens (tertiary/aromatic N) is 3. The molecule has 1 aliphatic rings. The van der Waals surface area contributed by atoms with Crippen LogP contribution in [0.3, 0.4) is 0 Å². The van der Waals surface area contributed by atoms with Crippen molar-refractivity contribution in [1.82, 2.24) is 14.1 Å². The Morgan fingerprint density at radius 2 is 1.97 bits per heavy atom. The number of phenols is 1. The summed E-state index contributed by atoms with van der Waals surface area (Å²) in [6, 6.07) is 9.89. The van der Waals surface area contributed by atoms with E-state index in [0.717, 1.165) is 29.6 Å². The smallest absolute Gasteiger partial charge is 0.160 e. The first kappa shape index (κ1) is 22.2. The topological polar surface area (TPSA) is 77.1 Å². The van der Waals surface area contributed by atoms with Crippen LogP contribution in [0.5, 0.6) is 5.75 Å². The molecule has 1 fully saturated rings. The van der Waals surface area contributed by atoms with E-state index >= 15 is 0 Å². The highest BCUT2D eigenvalue weighted by atomic mass is 79.9. The van der Waals surface area contributed by atoms with Crippen LogP contribution in [0.2, 0.25) is 0 Å². The molecule has 0 atom stereocenters. The number of aryl methyl sites for hydroxylation is 1. The van der Waals surface area contributed by atoms with E-state index in [1.165, 1.54) is 12.1 Å². The van der Waals surface area contributed by atoms with E-state index in [4.69, 9.17) is 0 Å². The molecule has 2 heterocycles. The molecule has 1 N–H and O–H groups in total. The summed E-state index contributed by atoms with van der Waals surface area (Å²) < 4.78 is 44.8. The lowest BCUT2D eigenvalue weighted by molar-refractivity contribution is 0.463. The van der Waals surface area contributed by atoms with E-state index < -0.39 is 15.7 Å². The predicted octanol–water partition coefficient (Wildman–Crippen LogP) is 5.25. The van der Waals surface area contributed by atoms with Gasteiger partial charge in [-0.05, 0) is 53.9 Å². The summed E-state index contributed by atoms with van der Waals surface area (Å²) in [4.78, 5) is 4.26. The van der Waals surface area contributed by atoms with Crippen LogP contribution in [-0.4, -0.2) is 27.6 Å². The Labute approximate surface area is 199 Å². The van der Waals surface area contributed by atoms with Gasteiger partial charge in [0.2, 0.25) is 0 Å². The first-order valence-corrected chi connectivity index (χ1v) is 13.3. The van der Waals surface area contributed by atoms with Crippen LogP contribution >= 0.6 is 15.9 Å². The van der Waals surface area contributed by atoms with Gasteiger partial charge >= 0.3 is 0 Å². The summed E-state index contributed by atoms with van der Waals surface area (Å²) in [6.45, 7) is 2.30. The fourth-order valence-corrected chi connectivity index (χ4v) is 6.29. The second kappa shape index (κ2) is 8.29. The van der Waals surface area contributed by atoms with Crippen LogP contribution in [-0.2, 0) is 27.9 Å². The average molecular weight is 532 g/mol. The normalized spacial score (nSPS) is 14.3. The number of hydrogen-bond donors (Lipinski definition) is 1. The molecule has 0 saturated heterocycles. The lowest BCUT2D eigenvalue weighted by Gasteiger charge is -2.13. The van der Waals surface area contributed by atoms with Crippen LogP contribution in [0.15, 0.2) is 53.3 Å². The molecule has 0 radical (unpaired) electrons. The van der Waals surface area contributed by atoms with Crippen molar-refractivity contribution in [3.63, 3.8) is 0 Å². The van der Waals surface area contributed by atoms with Gasteiger partial charge in [-0.3, -0.25) is 0 Å². The highest BCUT2D eigenvalue weighted by molar-refractivity contribution is 9.10. The molecular weight excluding hydrogens is 509 g/mol. The maximum absolute atomic E-state index is 14.1. The zero-order chi connectivity index (χ0) is 23.3. The van der Waals surface area contributed by atoms with Crippen molar-refractivity contribution < 1.29 is 17.9 Å². The molecule has 0 bridgehead atoms. The van der Waals surface area contributed by atoms with Gasteiger partial charge in [-0.25, -0.2) is 17.8 Å². The molecule has 5 rings (SSSR count). The zero-order valence-corrected chi connectivity index (χ0v) is 20.4. The largest absolute Gasteiger partial charge is 0.506 e. The van der Waals surface area contributed by atoms with Crippen LogP contribution in [0.4, 0.5) is 4.39 Å². The minimum absolute atomic E-state index is 0.129. The van der Waals surface area contributed by atoms with Gasteiger partial charge in [-0.15, -0.1) is 0 Å². The summed E-state index contributed by atoms with van der Waals surface area (Å²) in [6.07, 6.45) is 5.49. The van der Waals surface area contributed by atoms with Crippen molar-refractivity contribution >= 4 is 36.7 Å². The second-order valence-electron chi connectivity index (χ2n) is 8.58. The van der Waals surface area contributed by atoms with Gasteiger partial charge in [0, 0.05) is 40.6 Å². The fraction of sp³-hybridized carbons (Fsp3) is 0.292. The molecule has 0 amide bonds. The molecule has 1 aliphatic carbocycles. The molecule has 0 unspecified atom stereocenters. The van der Waals surface area contributed by atoms with E-state index in [1.807, 2.05) is 29.8 Å². The van der Waals surface area contributed by atoms with Gasteiger partial charge in [-0.2, -0.15) is 0 Å². The highest BCUT2D eigenvalue weighted by Crippen LogP contribution is 2.44. The van der Waals surface area contributed by atoms with Gasteiger partial charge < -0.3 is 14.2 Å². The molecule has 4 aromatic rings. The van der Waals surface area contributed by atoms with Crippen molar-refractivity contribution in [2.24, 2.45) is 0 Å². The lowest BCUT2D eigenvalue weighted by Crippen LogP contribution is -2.12. The molecule has 6 nitrogen and oxygen atoms in total. The summed E-state index contributed by atoms with van der Waals surface area (Å²) >= 11 is 3.47. The van der Waals surface area contributed by atoms with Crippen molar-refractivity contribution in [2.75, 3.05) is 0 Å². The van der Waals surface area contributed by atoms with Gasteiger partial charge in [0.05, 0.1) is 28.0 Å².